The zero-order valence-electron chi connectivity index (χ0n) is 18.6. The van der Waals surface area contributed by atoms with Gasteiger partial charge in [-0.05, 0) is 54.4 Å². The molecular weight excluding hydrogens is 400 g/mol. The smallest absolute Gasteiger partial charge is 0.0630 e. The molecule has 0 bridgehead atoms. The average Bonchev–Trinajstić information content (AvgIpc) is 3.21. The molecule has 1 aliphatic carbocycles. The zero-order valence-corrected chi connectivity index (χ0v) is 18.6. The van der Waals surface area contributed by atoms with E-state index in [0.717, 1.165) is 5.69 Å². The van der Waals surface area contributed by atoms with Gasteiger partial charge in [0.2, 0.25) is 0 Å². The van der Waals surface area contributed by atoms with Crippen LogP contribution in [0.4, 0.5) is 22.7 Å². The molecule has 0 amide bonds. The van der Waals surface area contributed by atoms with Crippen LogP contribution in [0, 0.1) is 6.92 Å². The lowest BCUT2D eigenvalue weighted by Crippen LogP contribution is -2.28. The molecule has 0 spiro atoms. The van der Waals surface area contributed by atoms with Crippen LogP contribution in [-0.4, -0.2) is 6.04 Å². The molecule has 0 aromatic heterocycles. The molecule has 0 saturated carbocycles. The standard InChI is InChI=1S/C31H26N2/c1-22-14-18-25(19-15-22)32-28-11-7-13-30-31(28)27-10-5-6-12-29(27)33(30)26-20-16-24(17-21-26)23-8-3-2-4-9-23/h2-21,27,29,32H,1H3. The minimum Gasteiger partial charge on any atom is -0.355 e. The van der Waals surface area contributed by atoms with Crippen LogP contribution in [-0.2, 0) is 0 Å². The Morgan fingerprint density at radius 3 is 2.18 bits per heavy atom. The number of allylic oxidation sites excluding steroid dienone is 2. The van der Waals surface area contributed by atoms with Gasteiger partial charge >= 0.3 is 0 Å². The van der Waals surface area contributed by atoms with Crippen LogP contribution >= 0.6 is 0 Å². The van der Waals surface area contributed by atoms with E-state index in [9.17, 15) is 0 Å². The Hall–Kier alpha value is -4.04. The molecule has 0 saturated heterocycles. The van der Waals surface area contributed by atoms with Crippen molar-refractivity contribution in [1.82, 2.24) is 0 Å². The first-order valence-corrected chi connectivity index (χ1v) is 11.5. The number of hydrogen-bond acceptors (Lipinski definition) is 2. The number of hydrogen-bond donors (Lipinski definition) is 1. The molecule has 4 aromatic carbocycles. The lowest BCUT2D eigenvalue weighted by Gasteiger charge is -2.28. The Bertz CT molecular complexity index is 1330. The van der Waals surface area contributed by atoms with E-state index in [2.05, 4.69) is 139 Å². The van der Waals surface area contributed by atoms with E-state index in [1.165, 1.54) is 39.3 Å². The van der Waals surface area contributed by atoms with Crippen molar-refractivity contribution < 1.29 is 0 Å². The predicted molar refractivity (Wildman–Crippen MR) is 140 cm³/mol. The summed E-state index contributed by atoms with van der Waals surface area (Å²) in [5, 5.41) is 3.68. The lowest BCUT2D eigenvalue weighted by atomic mass is 9.90. The number of benzene rings is 4. The number of fused-ring (bicyclic) bond motifs is 3. The Morgan fingerprint density at radius 2 is 1.39 bits per heavy atom. The Kier molecular flexibility index (Phi) is 4.84. The molecule has 1 heterocycles. The van der Waals surface area contributed by atoms with Crippen molar-refractivity contribution in [3.05, 3.63) is 132 Å². The number of rotatable bonds is 4. The Balaban J connectivity index is 1.40. The van der Waals surface area contributed by atoms with Crippen LogP contribution in [0.5, 0.6) is 0 Å². The molecule has 160 valence electrons. The van der Waals surface area contributed by atoms with Crippen LogP contribution in [0.1, 0.15) is 17.0 Å². The number of nitrogens with zero attached hydrogens (tertiary/aromatic N) is 1. The van der Waals surface area contributed by atoms with E-state index in [1.54, 1.807) is 0 Å². The van der Waals surface area contributed by atoms with Gasteiger partial charge in [0.05, 0.1) is 6.04 Å². The second-order valence-electron chi connectivity index (χ2n) is 8.80. The summed E-state index contributed by atoms with van der Waals surface area (Å²) >= 11 is 0. The topological polar surface area (TPSA) is 15.3 Å². The SMILES string of the molecule is Cc1ccc(Nc2cccc3c2C2C=CC=CC2N3c2ccc(-c3ccccc3)cc2)cc1. The minimum absolute atomic E-state index is 0.272. The van der Waals surface area contributed by atoms with Crippen LogP contribution in [0.25, 0.3) is 11.1 Å². The van der Waals surface area contributed by atoms with Gasteiger partial charge < -0.3 is 10.2 Å². The molecule has 2 unspecified atom stereocenters. The van der Waals surface area contributed by atoms with Gasteiger partial charge in [-0.25, -0.2) is 0 Å². The fourth-order valence-electron chi connectivity index (χ4n) is 5.04. The summed E-state index contributed by atoms with van der Waals surface area (Å²) in [4.78, 5) is 2.48. The van der Waals surface area contributed by atoms with Gasteiger partial charge in [0.1, 0.15) is 0 Å². The van der Waals surface area contributed by atoms with Gasteiger partial charge in [-0.1, -0.05) is 90.5 Å². The van der Waals surface area contributed by atoms with Crippen molar-refractivity contribution in [3.63, 3.8) is 0 Å². The highest BCUT2D eigenvalue weighted by atomic mass is 15.2. The van der Waals surface area contributed by atoms with E-state index in [4.69, 9.17) is 0 Å². The van der Waals surface area contributed by atoms with Gasteiger partial charge in [-0.2, -0.15) is 0 Å². The third-order valence-corrected chi connectivity index (χ3v) is 6.66. The summed E-state index contributed by atoms with van der Waals surface area (Å²) in [5.74, 6) is 0.313. The van der Waals surface area contributed by atoms with E-state index in [-0.39, 0.29) is 6.04 Å². The van der Waals surface area contributed by atoms with Gasteiger partial charge in [0.15, 0.2) is 0 Å². The van der Waals surface area contributed by atoms with Crippen molar-refractivity contribution in [2.24, 2.45) is 0 Å². The summed E-state index contributed by atoms with van der Waals surface area (Å²) in [5.41, 5.74) is 9.89. The maximum atomic E-state index is 3.68. The normalized spacial score (nSPS) is 18.2. The lowest BCUT2D eigenvalue weighted by molar-refractivity contribution is 0.745. The highest BCUT2D eigenvalue weighted by molar-refractivity contribution is 5.83. The summed E-state index contributed by atoms with van der Waals surface area (Å²) in [6.45, 7) is 2.12. The van der Waals surface area contributed by atoms with Crippen LogP contribution in [0.15, 0.2) is 121 Å². The van der Waals surface area contributed by atoms with Crippen molar-refractivity contribution in [2.45, 2.75) is 18.9 Å². The minimum atomic E-state index is 0.272. The zero-order chi connectivity index (χ0) is 22.2. The average molecular weight is 427 g/mol. The molecule has 2 heteroatoms. The number of aryl methyl sites for hydroxylation is 1. The maximum Gasteiger partial charge on any atom is 0.0630 e. The monoisotopic (exact) mass is 426 g/mol. The number of nitrogens with one attached hydrogen (secondary N) is 1. The fraction of sp³-hybridized carbons (Fsp3) is 0.0968. The second kappa shape index (κ2) is 8.14. The van der Waals surface area contributed by atoms with E-state index in [1.807, 2.05) is 0 Å². The second-order valence-corrected chi connectivity index (χ2v) is 8.80. The van der Waals surface area contributed by atoms with Gasteiger partial charge in [-0.15, -0.1) is 0 Å². The first-order chi connectivity index (χ1) is 16.3. The highest BCUT2D eigenvalue weighted by Gasteiger charge is 2.38. The molecule has 2 nitrogen and oxygen atoms in total. The molecule has 4 aromatic rings. The van der Waals surface area contributed by atoms with Crippen molar-refractivity contribution in [1.29, 1.82) is 0 Å². The molecule has 1 aliphatic heterocycles. The number of anilines is 4. The molecule has 33 heavy (non-hydrogen) atoms. The van der Waals surface area contributed by atoms with Crippen LogP contribution in [0.3, 0.4) is 0 Å². The third-order valence-electron chi connectivity index (χ3n) is 6.66. The van der Waals surface area contributed by atoms with Gasteiger partial charge in [-0.3, -0.25) is 0 Å². The summed E-state index contributed by atoms with van der Waals surface area (Å²) in [6, 6.07) is 35.0. The van der Waals surface area contributed by atoms with Gasteiger partial charge in [0.25, 0.3) is 0 Å². The van der Waals surface area contributed by atoms with Crippen LogP contribution in [0.2, 0.25) is 0 Å². The first-order valence-electron chi connectivity index (χ1n) is 11.5. The van der Waals surface area contributed by atoms with E-state index >= 15 is 0 Å². The Morgan fingerprint density at radius 1 is 0.667 bits per heavy atom. The molecule has 2 aliphatic rings. The maximum absolute atomic E-state index is 3.68. The quantitative estimate of drug-likeness (QED) is 0.354. The largest absolute Gasteiger partial charge is 0.355 e. The molecular formula is C31H26N2. The van der Waals surface area contributed by atoms with Crippen molar-refractivity contribution in [3.8, 4) is 11.1 Å². The Labute approximate surface area is 195 Å². The molecule has 6 rings (SSSR count). The molecule has 0 radical (unpaired) electrons. The molecule has 2 atom stereocenters. The predicted octanol–water partition coefficient (Wildman–Crippen LogP) is 8.14. The third kappa shape index (κ3) is 3.54. The highest BCUT2D eigenvalue weighted by Crippen LogP contribution is 2.51. The van der Waals surface area contributed by atoms with Crippen molar-refractivity contribution >= 4 is 22.7 Å². The van der Waals surface area contributed by atoms with Crippen LogP contribution < -0.4 is 10.2 Å². The summed E-state index contributed by atoms with van der Waals surface area (Å²) in [7, 11) is 0. The van der Waals surface area contributed by atoms with Gasteiger partial charge in [0, 0.05) is 34.2 Å². The van der Waals surface area contributed by atoms with E-state index in [0.29, 0.717) is 5.92 Å². The van der Waals surface area contributed by atoms with Crippen molar-refractivity contribution in [2.75, 3.05) is 10.2 Å². The molecule has 1 N–H and O–H groups in total. The summed E-state index contributed by atoms with van der Waals surface area (Å²) in [6.07, 6.45) is 9.01. The van der Waals surface area contributed by atoms with E-state index < -0.39 is 0 Å². The molecule has 0 fully saturated rings. The fourth-order valence-corrected chi connectivity index (χ4v) is 5.04. The summed E-state index contributed by atoms with van der Waals surface area (Å²) < 4.78 is 0. The first kappa shape index (κ1) is 19.6.